The Morgan fingerprint density at radius 3 is 2.53 bits per heavy atom. The van der Waals surface area contributed by atoms with Gasteiger partial charge in [0.25, 0.3) is 0 Å². The Labute approximate surface area is 94.6 Å². The van der Waals surface area contributed by atoms with Crippen LogP contribution in [0.2, 0.25) is 0 Å². The van der Waals surface area contributed by atoms with E-state index in [9.17, 15) is 0 Å². The third-order valence-electron chi connectivity index (χ3n) is 4.37. The third-order valence-corrected chi connectivity index (χ3v) is 4.37. The molecule has 0 aromatic rings. The summed E-state index contributed by atoms with van der Waals surface area (Å²) in [5.41, 5.74) is 0. The van der Waals surface area contributed by atoms with E-state index in [1.165, 1.54) is 44.9 Å². The van der Waals surface area contributed by atoms with E-state index in [4.69, 9.17) is 4.74 Å². The van der Waals surface area contributed by atoms with Gasteiger partial charge in [-0.2, -0.15) is 0 Å². The lowest BCUT2D eigenvalue weighted by molar-refractivity contribution is -0.00415. The molecule has 0 amide bonds. The maximum Gasteiger partial charge on any atom is 0.0519 e. The van der Waals surface area contributed by atoms with Gasteiger partial charge in [0.2, 0.25) is 0 Å². The van der Waals surface area contributed by atoms with Crippen LogP contribution in [0.5, 0.6) is 0 Å². The van der Waals surface area contributed by atoms with Crippen molar-refractivity contribution in [2.75, 3.05) is 6.61 Å². The highest BCUT2D eigenvalue weighted by molar-refractivity contribution is 4.85. The van der Waals surface area contributed by atoms with Gasteiger partial charge < -0.3 is 4.74 Å². The van der Waals surface area contributed by atoms with Crippen LogP contribution < -0.4 is 0 Å². The smallest absolute Gasteiger partial charge is 0.0519 e. The highest BCUT2D eigenvalue weighted by Crippen LogP contribution is 2.43. The molecule has 0 heterocycles. The molecule has 2 rings (SSSR count). The molecular formula is C14H26O. The fourth-order valence-corrected chi connectivity index (χ4v) is 3.59. The Hall–Kier alpha value is -0.0400. The highest BCUT2D eigenvalue weighted by Gasteiger charge is 2.34. The van der Waals surface area contributed by atoms with E-state index in [1.807, 2.05) is 0 Å². The molecule has 0 radical (unpaired) electrons. The second-order valence-electron chi connectivity index (χ2n) is 5.78. The van der Waals surface area contributed by atoms with Crippen molar-refractivity contribution < 1.29 is 4.74 Å². The lowest BCUT2D eigenvalue weighted by atomic mass is 9.66. The minimum Gasteiger partial charge on any atom is -0.378 e. The van der Waals surface area contributed by atoms with Crippen LogP contribution >= 0.6 is 0 Å². The first-order valence-corrected chi connectivity index (χ1v) is 6.89. The fraction of sp³-hybridized carbons (Fsp3) is 1.00. The summed E-state index contributed by atoms with van der Waals surface area (Å²) in [5.74, 6) is 2.94. The first-order valence-electron chi connectivity index (χ1n) is 6.89. The zero-order chi connectivity index (χ0) is 10.7. The zero-order valence-corrected chi connectivity index (χ0v) is 10.4. The van der Waals surface area contributed by atoms with Gasteiger partial charge in [0.15, 0.2) is 0 Å². The molecular weight excluding hydrogens is 184 g/mol. The SMILES string of the molecule is CC(C)OCC1CCCC2CCCCC21. The number of hydrogen-bond acceptors (Lipinski definition) is 1. The standard InChI is InChI=1S/C14H26O/c1-11(2)15-10-13-8-5-7-12-6-3-4-9-14(12)13/h11-14H,3-10H2,1-2H3. The predicted octanol–water partition coefficient (Wildman–Crippen LogP) is 4.02. The van der Waals surface area contributed by atoms with Gasteiger partial charge in [-0.15, -0.1) is 0 Å². The second kappa shape index (κ2) is 5.34. The van der Waals surface area contributed by atoms with Crippen molar-refractivity contribution in [1.29, 1.82) is 0 Å². The van der Waals surface area contributed by atoms with E-state index in [-0.39, 0.29) is 0 Å². The maximum absolute atomic E-state index is 5.83. The highest BCUT2D eigenvalue weighted by atomic mass is 16.5. The molecule has 2 fully saturated rings. The summed E-state index contributed by atoms with van der Waals surface area (Å²) < 4.78 is 5.83. The summed E-state index contributed by atoms with van der Waals surface area (Å²) in [7, 11) is 0. The van der Waals surface area contributed by atoms with Crippen LogP contribution in [0.1, 0.15) is 58.8 Å². The van der Waals surface area contributed by atoms with Gasteiger partial charge in [-0.3, -0.25) is 0 Å². The molecule has 88 valence electrons. The van der Waals surface area contributed by atoms with Crippen LogP contribution in [0.3, 0.4) is 0 Å². The van der Waals surface area contributed by atoms with Gasteiger partial charge in [-0.1, -0.05) is 32.1 Å². The molecule has 3 atom stereocenters. The molecule has 2 saturated carbocycles. The third kappa shape index (κ3) is 2.96. The summed E-state index contributed by atoms with van der Waals surface area (Å²) in [6.07, 6.45) is 10.7. The number of fused-ring (bicyclic) bond motifs is 1. The van der Waals surface area contributed by atoms with Crippen molar-refractivity contribution in [1.82, 2.24) is 0 Å². The minimum atomic E-state index is 0.411. The largest absolute Gasteiger partial charge is 0.378 e. The molecule has 0 aromatic heterocycles. The van der Waals surface area contributed by atoms with Crippen LogP contribution in [0.15, 0.2) is 0 Å². The summed E-state index contributed by atoms with van der Waals surface area (Å²) in [6, 6.07) is 0. The number of ether oxygens (including phenoxy) is 1. The quantitative estimate of drug-likeness (QED) is 0.683. The predicted molar refractivity (Wildman–Crippen MR) is 63.9 cm³/mol. The lowest BCUT2D eigenvalue weighted by Gasteiger charge is -2.41. The molecule has 0 spiro atoms. The van der Waals surface area contributed by atoms with Crippen molar-refractivity contribution in [3.05, 3.63) is 0 Å². The van der Waals surface area contributed by atoms with Gasteiger partial charge in [-0.05, 0) is 44.4 Å². The fourth-order valence-electron chi connectivity index (χ4n) is 3.59. The van der Waals surface area contributed by atoms with Crippen molar-refractivity contribution in [2.45, 2.75) is 64.9 Å². The van der Waals surface area contributed by atoms with Gasteiger partial charge in [0.1, 0.15) is 0 Å². The second-order valence-corrected chi connectivity index (χ2v) is 5.78. The van der Waals surface area contributed by atoms with Crippen molar-refractivity contribution in [2.24, 2.45) is 17.8 Å². The van der Waals surface area contributed by atoms with Crippen molar-refractivity contribution in [3.8, 4) is 0 Å². The Morgan fingerprint density at radius 2 is 1.73 bits per heavy atom. The van der Waals surface area contributed by atoms with Crippen molar-refractivity contribution in [3.63, 3.8) is 0 Å². The molecule has 2 aliphatic rings. The van der Waals surface area contributed by atoms with E-state index in [0.29, 0.717) is 6.10 Å². The number of hydrogen-bond donors (Lipinski definition) is 0. The van der Waals surface area contributed by atoms with Gasteiger partial charge >= 0.3 is 0 Å². The Kier molecular flexibility index (Phi) is 4.07. The first-order chi connectivity index (χ1) is 7.27. The van der Waals surface area contributed by atoms with E-state index >= 15 is 0 Å². The molecule has 0 aromatic carbocycles. The van der Waals surface area contributed by atoms with Crippen LogP contribution in [0.4, 0.5) is 0 Å². The summed E-state index contributed by atoms with van der Waals surface area (Å²) in [4.78, 5) is 0. The Bertz CT molecular complexity index is 186. The van der Waals surface area contributed by atoms with Crippen LogP contribution in [-0.2, 0) is 4.74 Å². The monoisotopic (exact) mass is 210 g/mol. The van der Waals surface area contributed by atoms with Crippen molar-refractivity contribution >= 4 is 0 Å². The molecule has 0 bridgehead atoms. The molecule has 3 unspecified atom stereocenters. The normalized spacial score (nSPS) is 36.6. The molecule has 1 heteroatoms. The average molecular weight is 210 g/mol. The summed E-state index contributed by atoms with van der Waals surface area (Å²) >= 11 is 0. The van der Waals surface area contributed by atoms with Crippen LogP contribution in [-0.4, -0.2) is 12.7 Å². The average Bonchev–Trinajstić information content (AvgIpc) is 2.26. The molecule has 15 heavy (non-hydrogen) atoms. The summed E-state index contributed by atoms with van der Waals surface area (Å²) in [6.45, 7) is 5.33. The van der Waals surface area contributed by atoms with Gasteiger partial charge in [-0.25, -0.2) is 0 Å². The molecule has 0 N–H and O–H groups in total. The van der Waals surface area contributed by atoms with E-state index < -0.39 is 0 Å². The number of rotatable bonds is 3. The zero-order valence-electron chi connectivity index (χ0n) is 10.4. The Balaban J connectivity index is 1.86. The van der Waals surface area contributed by atoms with E-state index in [1.54, 1.807) is 0 Å². The van der Waals surface area contributed by atoms with Gasteiger partial charge in [0, 0.05) is 0 Å². The maximum atomic E-state index is 5.83. The molecule has 0 aliphatic heterocycles. The van der Waals surface area contributed by atoms with E-state index in [0.717, 1.165) is 24.4 Å². The minimum absolute atomic E-state index is 0.411. The van der Waals surface area contributed by atoms with Crippen LogP contribution in [0.25, 0.3) is 0 Å². The molecule has 1 nitrogen and oxygen atoms in total. The van der Waals surface area contributed by atoms with E-state index in [2.05, 4.69) is 13.8 Å². The molecule has 0 saturated heterocycles. The summed E-state index contributed by atoms with van der Waals surface area (Å²) in [5, 5.41) is 0. The first kappa shape index (κ1) is 11.4. The van der Waals surface area contributed by atoms with Gasteiger partial charge in [0.05, 0.1) is 12.7 Å². The lowest BCUT2D eigenvalue weighted by Crippen LogP contribution is -2.34. The molecule has 2 aliphatic carbocycles. The van der Waals surface area contributed by atoms with Crippen LogP contribution in [0, 0.1) is 17.8 Å². The Morgan fingerprint density at radius 1 is 1.00 bits per heavy atom. The topological polar surface area (TPSA) is 9.23 Å².